The first-order valence-electron chi connectivity index (χ1n) is 7.74. The Bertz CT molecular complexity index is 974. The minimum atomic E-state index is -0.0534. The number of allylic oxidation sites excluding steroid dienone is 4. The van der Waals surface area contributed by atoms with Gasteiger partial charge in [0.2, 0.25) is 0 Å². The maximum Gasteiger partial charge on any atom is 0.125 e. The number of fused-ring (bicyclic) bond motifs is 8. The van der Waals surface area contributed by atoms with Gasteiger partial charge >= 0.3 is 0 Å². The van der Waals surface area contributed by atoms with E-state index >= 15 is 0 Å². The summed E-state index contributed by atoms with van der Waals surface area (Å²) in [5, 5.41) is 0. The highest BCUT2D eigenvalue weighted by Crippen LogP contribution is 2.49. The van der Waals surface area contributed by atoms with E-state index in [0.717, 1.165) is 17.8 Å². The summed E-state index contributed by atoms with van der Waals surface area (Å²) in [7, 11) is 0. The van der Waals surface area contributed by atoms with Gasteiger partial charge in [-0.25, -0.2) is 4.98 Å². The zero-order valence-electron chi connectivity index (χ0n) is 12.5. The first kappa shape index (κ1) is 12.0. The van der Waals surface area contributed by atoms with Crippen LogP contribution in [0.2, 0.25) is 0 Å². The van der Waals surface area contributed by atoms with Gasteiger partial charge in [0.15, 0.2) is 0 Å². The Balaban J connectivity index is 1.99. The molecule has 0 bridgehead atoms. The van der Waals surface area contributed by atoms with E-state index in [4.69, 9.17) is 4.98 Å². The summed E-state index contributed by atoms with van der Waals surface area (Å²) in [5.74, 6) is 1.16. The molecule has 22 heavy (non-hydrogen) atoms. The molecule has 1 aliphatic heterocycles. The molecular weight excluding hydrogens is 268 g/mol. The number of imidazole rings is 1. The fourth-order valence-electron chi connectivity index (χ4n) is 3.90. The third-order valence-electron chi connectivity index (χ3n) is 5.01. The lowest BCUT2D eigenvalue weighted by atomic mass is 9.70. The van der Waals surface area contributed by atoms with Gasteiger partial charge in [-0.3, -0.25) is 4.57 Å². The summed E-state index contributed by atoms with van der Waals surface area (Å²) in [6.07, 6.45) is 7.68. The van der Waals surface area contributed by atoms with E-state index in [1.807, 2.05) is 0 Å². The molecule has 1 aliphatic carbocycles. The van der Waals surface area contributed by atoms with Crippen LogP contribution in [-0.4, -0.2) is 9.55 Å². The number of aromatic nitrogens is 2. The van der Waals surface area contributed by atoms with Crippen LogP contribution >= 0.6 is 0 Å². The molecule has 0 fully saturated rings. The van der Waals surface area contributed by atoms with Crippen molar-refractivity contribution in [3.63, 3.8) is 0 Å². The molecule has 3 aromatic rings. The second-order valence-electron chi connectivity index (χ2n) is 6.32. The van der Waals surface area contributed by atoms with E-state index in [1.54, 1.807) is 0 Å². The van der Waals surface area contributed by atoms with Gasteiger partial charge in [0.25, 0.3) is 0 Å². The third kappa shape index (κ3) is 1.32. The summed E-state index contributed by atoms with van der Waals surface area (Å²) < 4.78 is 2.35. The molecule has 2 aromatic carbocycles. The summed E-state index contributed by atoms with van der Waals surface area (Å²) in [4.78, 5) is 5.00. The van der Waals surface area contributed by atoms with Crippen molar-refractivity contribution < 1.29 is 0 Å². The molecule has 0 N–H and O–H groups in total. The van der Waals surface area contributed by atoms with E-state index < -0.39 is 0 Å². The molecule has 1 aromatic heterocycles. The molecule has 0 spiro atoms. The van der Waals surface area contributed by atoms with E-state index in [0.29, 0.717) is 0 Å². The van der Waals surface area contributed by atoms with Crippen molar-refractivity contribution >= 4 is 16.6 Å². The van der Waals surface area contributed by atoms with Crippen LogP contribution in [0.1, 0.15) is 24.7 Å². The number of hydrogen-bond acceptors (Lipinski definition) is 1. The fraction of sp³-hybridized carbons (Fsp3) is 0.150. The summed E-state index contributed by atoms with van der Waals surface area (Å²) >= 11 is 0. The van der Waals surface area contributed by atoms with Gasteiger partial charge < -0.3 is 0 Å². The van der Waals surface area contributed by atoms with Crippen LogP contribution in [0.15, 0.2) is 66.8 Å². The topological polar surface area (TPSA) is 17.8 Å². The number of nitrogens with zero attached hydrogens (tertiary/aromatic N) is 2. The average Bonchev–Trinajstić information content (AvgIpc) is 2.96. The van der Waals surface area contributed by atoms with Crippen LogP contribution in [0.5, 0.6) is 0 Å². The zero-order valence-corrected chi connectivity index (χ0v) is 12.5. The van der Waals surface area contributed by atoms with Crippen molar-refractivity contribution in [3.8, 4) is 5.69 Å². The number of hydrogen-bond donors (Lipinski definition) is 0. The molecule has 0 saturated heterocycles. The molecule has 0 radical (unpaired) electrons. The van der Waals surface area contributed by atoms with Crippen molar-refractivity contribution in [2.75, 3.05) is 0 Å². The van der Waals surface area contributed by atoms with Gasteiger partial charge in [0.1, 0.15) is 5.82 Å². The van der Waals surface area contributed by atoms with Gasteiger partial charge in [-0.2, -0.15) is 0 Å². The highest BCUT2D eigenvalue weighted by atomic mass is 15.1. The highest BCUT2D eigenvalue weighted by molar-refractivity contribution is 5.89. The van der Waals surface area contributed by atoms with Crippen molar-refractivity contribution in [3.05, 3.63) is 78.1 Å². The quantitative estimate of drug-likeness (QED) is 0.588. The zero-order chi connectivity index (χ0) is 14.7. The van der Waals surface area contributed by atoms with Crippen molar-refractivity contribution in [1.29, 1.82) is 0 Å². The Kier molecular flexibility index (Phi) is 2.17. The van der Waals surface area contributed by atoms with Gasteiger partial charge in [-0.1, -0.05) is 48.6 Å². The first-order chi connectivity index (χ1) is 10.8. The molecule has 2 aliphatic rings. The van der Waals surface area contributed by atoms with Crippen LogP contribution in [0.25, 0.3) is 22.3 Å². The number of para-hydroxylation sites is 3. The van der Waals surface area contributed by atoms with E-state index in [1.165, 1.54) is 22.3 Å². The van der Waals surface area contributed by atoms with Gasteiger partial charge in [-0.05, 0) is 37.1 Å². The smallest absolute Gasteiger partial charge is 0.125 e. The second kappa shape index (κ2) is 3.98. The summed E-state index contributed by atoms with van der Waals surface area (Å²) in [6, 6.07) is 17.1. The van der Waals surface area contributed by atoms with Crippen LogP contribution in [0.4, 0.5) is 0 Å². The minimum Gasteiger partial charge on any atom is -0.295 e. The molecule has 1 atom stereocenters. The molecule has 2 heteroatoms. The largest absolute Gasteiger partial charge is 0.295 e. The Morgan fingerprint density at radius 3 is 2.82 bits per heavy atom. The predicted molar refractivity (Wildman–Crippen MR) is 90.2 cm³/mol. The van der Waals surface area contributed by atoms with Crippen LogP contribution in [0, 0.1) is 0 Å². The standard InChI is InChI=1S/C20H16N2/c1-20-13-7-6-9-15(20)14-8-2-4-11-17(14)22-18-12-5-3-10-16(18)21-19(20)22/h2-12H,13H2,1H3/t20-/m0/s1. The summed E-state index contributed by atoms with van der Waals surface area (Å²) in [6.45, 7) is 2.32. The molecule has 0 saturated carbocycles. The Labute approximate surface area is 129 Å². The Hall–Kier alpha value is -2.61. The number of benzene rings is 2. The molecule has 106 valence electrons. The molecule has 0 amide bonds. The second-order valence-corrected chi connectivity index (χ2v) is 6.32. The third-order valence-corrected chi connectivity index (χ3v) is 5.01. The van der Waals surface area contributed by atoms with E-state index in [-0.39, 0.29) is 5.41 Å². The van der Waals surface area contributed by atoms with Crippen LogP contribution in [-0.2, 0) is 5.41 Å². The van der Waals surface area contributed by atoms with Gasteiger partial charge in [0.05, 0.1) is 22.1 Å². The maximum absolute atomic E-state index is 5.00. The molecule has 2 nitrogen and oxygen atoms in total. The van der Waals surface area contributed by atoms with Gasteiger partial charge in [-0.15, -0.1) is 0 Å². The lowest BCUT2D eigenvalue weighted by Gasteiger charge is -2.38. The number of rotatable bonds is 0. The Morgan fingerprint density at radius 2 is 1.86 bits per heavy atom. The van der Waals surface area contributed by atoms with E-state index in [9.17, 15) is 0 Å². The monoisotopic (exact) mass is 284 g/mol. The van der Waals surface area contributed by atoms with Crippen molar-refractivity contribution in [2.24, 2.45) is 0 Å². The summed E-state index contributed by atoms with van der Waals surface area (Å²) in [5.41, 5.74) is 6.16. The molecule has 5 rings (SSSR count). The van der Waals surface area contributed by atoms with Gasteiger partial charge in [0, 0.05) is 5.56 Å². The SMILES string of the molecule is C[C@]12CC=CC=C1c1ccccc1-n1c2nc2ccccc21. The Morgan fingerprint density at radius 1 is 1.05 bits per heavy atom. The highest BCUT2D eigenvalue weighted by Gasteiger charge is 2.41. The molecule has 0 unspecified atom stereocenters. The lowest BCUT2D eigenvalue weighted by molar-refractivity contribution is 0.557. The minimum absolute atomic E-state index is 0.0534. The van der Waals surface area contributed by atoms with Crippen molar-refractivity contribution in [1.82, 2.24) is 9.55 Å². The molecule has 2 heterocycles. The normalized spacial score (nSPS) is 22.0. The lowest BCUT2D eigenvalue weighted by Crippen LogP contribution is -2.32. The predicted octanol–water partition coefficient (Wildman–Crippen LogP) is 4.64. The average molecular weight is 284 g/mol. The van der Waals surface area contributed by atoms with Crippen LogP contribution < -0.4 is 0 Å². The first-order valence-corrected chi connectivity index (χ1v) is 7.74. The molecular formula is C20H16N2. The van der Waals surface area contributed by atoms with Crippen LogP contribution in [0.3, 0.4) is 0 Å². The van der Waals surface area contributed by atoms with E-state index in [2.05, 4.69) is 78.2 Å². The maximum atomic E-state index is 5.00. The fourth-order valence-corrected chi connectivity index (χ4v) is 3.90. The van der Waals surface area contributed by atoms with Crippen molar-refractivity contribution in [2.45, 2.75) is 18.8 Å².